The number of benzene rings is 1. The average Bonchev–Trinajstić information content (AvgIpc) is 3.38. The molecule has 1 N–H and O–H groups in total. The molecule has 130 valence electrons. The maximum absolute atomic E-state index is 13.1. The van der Waals surface area contributed by atoms with E-state index >= 15 is 0 Å². The van der Waals surface area contributed by atoms with Gasteiger partial charge in [-0.05, 0) is 35.7 Å². The standard InChI is InChI=1S/C18H14FN5OS/c19-13-3-5-14(6-4-13)23-12-20-10-16(23)18(25)22-17-7-8-21-24(17)11-15-2-1-9-26-15/h1-10,12H,11H2,(H,22,25). The van der Waals surface area contributed by atoms with Gasteiger partial charge in [0.25, 0.3) is 5.91 Å². The molecular formula is C18H14FN5OS. The molecule has 0 saturated carbocycles. The Morgan fingerprint density at radius 2 is 2.04 bits per heavy atom. The van der Waals surface area contributed by atoms with Crippen LogP contribution >= 0.6 is 11.3 Å². The van der Waals surface area contributed by atoms with Gasteiger partial charge in [-0.3, -0.25) is 9.36 Å². The topological polar surface area (TPSA) is 64.7 Å². The van der Waals surface area contributed by atoms with Crippen LogP contribution in [0.25, 0.3) is 5.69 Å². The summed E-state index contributed by atoms with van der Waals surface area (Å²) in [5.41, 5.74) is 1.00. The molecule has 4 rings (SSSR count). The summed E-state index contributed by atoms with van der Waals surface area (Å²) in [6.45, 7) is 0.581. The quantitative estimate of drug-likeness (QED) is 0.586. The number of hydrogen-bond donors (Lipinski definition) is 1. The van der Waals surface area contributed by atoms with E-state index in [0.29, 0.717) is 23.7 Å². The minimum Gasteiger partial charge on any atom is -0.305 e. The van der Waals surface area contributed by atoms with Gasteiger partial charge >= 0.3 is 0 Å². The Hall–Kier alpha value is -3.26. The first-order valence-electron chi connectivity index (χ1n) is 7.84. The molecule has 0 unspecified atom stereocenters. The van der Waals surface area contributed by atoms with Crippen molar-refractivity contribution in [3.05, 3.63) is 83.0 Å². The molecule has 0 spiro atoms. The Morgan fingerprint density at radius 3 is 2.81 bits per heavy atom. The predicted molar refractivity (Wildman–Crippen MR) is 97.1 cm³/mol. The van der Waals surface area contributed by atoms with E-state index in [1.807, 2.05) is 17.5 Å². The highest BCUT2D eigenvalue weighted by Gasteiger charge is 2.15. The highest BCUT2D eigenvalue weighted by Crippen LogP contribution is 2.17. The fraction of sp³-hybridized carbons (Fsp3) is 0.0556. The Kier molecular flexibility index (Phi) is 4.32. The number of carbonyl (C=O) groups is 1. The van der Waals surface area contributed by atoms with Crippen LogP contribution in [0.15, 0.2) is 66.6 Å². The van der Waals surface area contributed by atoms with Crippen LogP contribution in [0.5, 0.6) is 0 Å². The van der Waals surface area contributed by atoms with Crippen LogP contribution in [0.1, 0.15) is 15.4 Å². The molecule has 3 aromatic heterocycles. The van der Waals surface area contributed by atoms with Gasteiger partial charge in [-0.25, -0.2) is 14.1 Å². The lowest BCUT2D eigenvalue weighted by Gasteiger charge is -2.10. The third kappa shape index (κ3) is 3.27. The third-order valence-corrected chi connectivity index (χ3v) is 4.68. The minimum atomic E-state index is -0.336. The van der Waals surface area contributed by atoms with E-state index in [1.165, 1.54) is 24.7 Å². The van der Waals surface area contributed by atoms with E-state index in [0.717, 1.165) is 4.88 Å². The lowest BCUT2D eigenvalue weighted by atomic mass is 10.3. The number of imidazole rings is 1. The average molecular weight is 367 g/mol. The highest BCUT2D eigenvalue weighted by atomic mass is 32.1. The molecule has 6 nitrogen and oxygen atoms in total. The van der Waals surface area contributed by atoms with Gasteiger partial charge in [-0.2, -0.15) is 5.10 Å². The lowest BCUT2D eigenvalue weighted by Crippen LogP contribution is -2.18. The SMILES string of the molecule is O=C(Nc1ccnn1Cc1cccs1)c1cncn1-c1ccc(F)cc1. The first kappa shape index (κ1) is 16.2. The molecule has 0 radical (unpaired) electrons. The Bertz CT molecular complexity index is 1020. The van der Waals surface area contributed by atoms with E-state index in [-0.39, 0.29) is 11.7 Å². The van der Waals surface area contributed by atoms with Crippen molar-refractivity contribution < 1.29 is 9.18 Å². The summed E-state index contributed by atoms with van der Waals surface area (Å²) in [6, 6.07) is 11.6. The van der Waals surface area contributed by atoms with Gasteiger partial charge in [-0.15, -0.1) is 11.3 Å². The van der Waals surface area contributed by atoms with Gasteiger partial charge in [0.2, 0.25) is 0 Å². The van der Waals surface area contributed by atoms with Crippen molar-refractivity contribution >= 4 is 23.1 Å². The van der Waals surface area contributed by atoms with Crippen LogP contribution in [0.3, 0.4) is 0 Å². The molecule has 26 heavy (non-hydrogen) atoms. The number of rotatable bonds is 5. The van der Waals surface area contributed by atoms with Crippen molar-refractivity contribution in [2.24, 2.45) is 0 Å². The Morgan fingerprint density at radius 1 is 1.19 bits per heavy atom. The largest absolute Gasteiger partial charge is 0.305 e. The van der Waals surface area contributed by atoms with E-state index in [2.05, 4.69) is 15.4 Å². The molecule has 3 heterocycles. The van der Waals surface area contributed by atoms with Crippen LogP contribution in [0, 0.1) is 5.82 Å². The fourth-order valence-corrected chi connectivity index (χ4v) is 3.25. The monoisotopic (exact) mass is 367 g/mol. The summed E-state index contributed by atoms with van der Waals surface area (Å²) in [5.74, 6) is -0.0626. The van der Waals surface area contributed by atoms with Crippen LogP contribution in [-0.4, -0.2) is 25.2 Å². The maximum atomic E-state index is 13.1. The Balaban J connectivity index is 1.56. The van der Waals surface area contributed by atoms with Crippen LogP contribution < -0.4 is 5.32 Å². The summed E-state index contributed by atoms with van der Waals surface area (Å²) < 4.78 is 16.5. The smallest absolute Gasteiger partial charge is 0.275 e. The highest BCUT2D eigenvalue weighted by molar-refractivity contribution is 7.09. The van der Waals surface area contributed by atoms with Crippen molar-refractivity contribution in [2.75, 3.05) is 5.32 Å². The number of carbonyl (C=O) groups excluding carboxylic acids is 1. The maximum Gasteiger partial charge on any atom is 0.275 e. The second-order valence-electron chi connectivity index (χ2n) is 5.53. The second-order valence-corrected chi connectivity index (χ2v) is 6.57. The molecule has 1 aromatic carbocycles. The van der Waals surface area contributed by atoms with E-state index in [9.17, 15) is 9.18 Å². The van der Waals surface area contributed by atoms with Gasteiger partial charge in [0.05, 0.1) is 25.3 Å². The van der Waals surface area contributed by atoms with Gasteiger partial charge in [0.1, 0.15) is 17.3 Å². The summed E-state index contributed by atoms with van der Waals surface area (Å²) in [7, 11) is 0. The predicted octanol–water partition coefficient (Wildman–Crippen LogP) is 3.57. The summed E-state index contributed by atoms with van der Waals surface area (Å²) in [6.07, 6.45) is 4.63. The van der Waals surface area contributed by atoms with Gasteiger partial charge in [-0.1, -0.05) is 6.07 Å². The zero-order chi connectivity index (χ0) is 17.9. The summed E-state index contributed by atoms with van der Waals surface area (Å²) in [4.78, 5) is 17.9. The summed E-state index contributed by atoms with van der Waals surface area (Å²) in [5, 5.41) is 9.12. The molecule has 1 amide bonds. The molecule has 0 atom stereocenters. The molecule has 0 bridgehead atoms. The first-order chi connectivity index (χ1) is 12.7. The number of amides is 1. The number of halogens is 1. The molecular weight excluding hydrogens is 353 g/mol. The van der Waals surface area contributed by atoms with Crippen molar-refractivity contribution in [3.8, 4) is 5.69 Å². The van der Waals surface area contributed by atoms with E-state index in [1.54, 1.807) is 45.0 Å². The zero-order valence-electron chi connectivity index (χ0n) is 13.5. The van der Waals surface area contributed by atoms with Crippen LogP contribution in [0.2, 0.25) is 0 Å². The molecule has 0 saturated heterocycles. The molecule has 8 heteroatoms. The van der Waals surface area contributed by atoms with Crippen molar-refractivity contribution in [2.45, 2.75) is 6.54 Å². The lowest BCUT2D eigenvalue weighted by molar-refractivity contribution is 0.101. The van der Waals surface area contributed by atoms with Crippen molar-refractivity contribution in [3.63, 3.8) is 0 Å². The number of thiophene rings is 1. The van der Waals surface area contributed by atoms with Crippen LogP contribution in [-0.2, 0) is 6.54 Å². The normalized spacial score (nSPS) is 10.8. The van der Waals surface area contributed by atoms with Crippen molar-refractivity contribution in [1.82, 2.24) is 19.3 Å². The molecule has 0 aliphatic carbocycles. The van der Waals surface area contributed by atoms with Gasteiger partial charge in [0, 0.05) is 16.6 Å². The molecule has 0 fully saturated rings. The van der Waals surface area contributed by atoms with Crippen LogP contribution in [0.4, 0.5) is 10.2 Å². The number of hydrogen-bond acceptors (Lipinski definition) is 4. The van der Waals surface area contributed by atoms with Gasteiger partial charge < -0.3 is 5.32 Å². The third-order valence-electron chi connectivity index (χ3n) is 3.82. The Labute approximate surface area is 152 Å². The zero-order valence-corrected chi connectivity index (χ0v) is 14.4. The van der Waals surface area contributed by atoms with E-state index < -0.39 is 0 Å². The second kappa shape index (κ2) is 6.93. The fourth-order valence-electron chi connectivity index (χ4n) is 2.57. The number of nitrogens with zero attached hydrogens (tertiary/aromatic N) is 4. The number of anilines is 1. The van der Waals surface area contributed by atoms with Crippen molar-refractivity contribution in [1.29, 1.82) is 0 Å². The van der Waals surface area contributed by atoms with Gasteiger partial charge in [0.15, 0.2) is 0 Å². The number of nitrogens with one attached hydrogen (secondary N) is 1. The molecule has 4 aromatic rings. The number of aromatic nitrogens is 4. The minimum absolute atomic E-state index is 0.320. The molecule has 0 aliphatic heterocycles. The molecule has 0 aliphatic rings. The summed E-state index contributed by atoms with van der Waals surface area (Å²) >= 11 is 1.63. The van der Waals surface area contributed by atoms with E-state index in [4.69, 9.17) is 0 Å². The first-order valence-corrected chi connectivity index (χ1v) is 8.72.